The molecule has 19 heavy (non-hydrogen) atoms. The minimum absolute atomic E-state index is 0.00257. The number of hydrogen-bond acceptors (Lipinski definition) is 2. The van der Waals surface area contributed by atoms with Crippen LogP contribution in [-0.4, -0.2) is 40.6 Å². The highest BCUT2D eigenvalue weighted by Crippen LogP contribution is 2.23. The van der Waals surface area contributed by atoms with Gasteiger partial charge in [-0.2, -0.15) is 0 Å². The van der Waals surface area contributed by atoms with Gasteiger partial charge in [0.2, 0.25) is 0 Å². The second kappa shape index (κ2) is 8.02. The zero-order valence-corrected chi connectivity index (χ0v) is 12.0. The largest absolute Gasteiger partial charge is 0.481 e. The molecule has 0 radical (unpaired) electrons. The van der Waals surface area contributed by atoms with Crippen molar-refractivity contribution in [3.63, 3.8) is 0 Å². The number of hydrogen-bond donors (Lipinski definition) is 2. The molecule has 1 saturated carbocycles. The maximum absolute atomic E-state index is 12.2. The molecule has 0 spiro atoms. The van der Waals surface area contributed by atoms with E-state index < -0.39 is 5.97 Å². The number of nitrogens with one attached hydrogen (secondary N) is 1. The van der Waals surface area contributed by atoms with E-state index in [1.165, 1.54) is 12.8 Å². The van der Waals surface area contributed by atoms with Crippen molar-refractivity contribution in [3.05, 3.63) is 0 Å². The minimum Gasteiger partial charge on any atom is -0.481 e. The first-order valence-electron chi connectivity index (χ1n) is 7.33. The Kier molecular flexibility index (Phi) is 6.67. The first-order valence-corrected chi connectivity index (χ1v) is 7.33. The van der Waals surface area contributed by atoms with Gasteiger partial charge in [-0.25, -0.2) is 4.79 Å². The molecule has 0 aromatic carbocycles. The first kappa shape index (κ1) is 15.8. The van der Waals surface area contributed by atoms with E-state index >= 15 is 0 Å². The van der Waals surface area contributed by atoms with E-state index in [1.807, 2.05) is 18.7 Å². The number of rotatable bonds is 7. The number of carbonyl (C=O) groups is 2. The van der Waals surface area contributed by atoms with Gasteiger partial charge in [0.05, 0.1) is 0 Å². The van der Waals surface area contributed by atoms with Gasteiger partial charge in [-0.15, -0.1) is 0 Å². The van der Waals surface area contributed by atoms with Crippen LogP contribution in [0.5, 0.6) is 0 Å². The summed E-state index contributed by atoms with van der Waals surface area (Å²) in [6.45, 7) is 4.67. The summed E-state index contributed by atoms with van der Waals surface area (Å²) < 4.78 is 0. The lowest BCUT2D eigenvalue weighted by Gasteiger charge is -2.29. The van der Waals surface area contributed by atoms with Crippen LogP contribution in [0, 0.1) is 0 Å². The number of carboxylic acids is 1. The zero-order chi connectivity index (χ0) is 14.3. The molecule has 5 heteroatoms. The smallest absolute Gasteiger partial charge is 0.317 e. The van der Waals surface area contributed by atoms with Gasteiger partial charge in [-0.3, -0.25) is 4.79 Å². The molecule has 0 saturated heterocycles. The second-order valence-electron chi connectivity index (χ2n) is 5.36. The fourth-order valence-corrected chi connectivity index (χ4v) is 2.71. The van der Waals surface area contributed by atoms with Crippen LogP contribution < -0.4 is 5.32 Å². The Morgan fingerprint density at radius 1 is 1.37 bits per heavy atom. The summed E-state index contributed by atoms with van der Waals surface area (Å²) >= 11 is 0. The summed E-state index contributed by atoms with van der Waals surface area (Å²) in [5.41, 5.74) is 0. The number of amides is 2. The van der Waals surface area contributed by atoms with Crippen molar-refractivity contribution in [2.45, 2.75) is 70.9 Å². The van der Waals surface area contributed by atoms with E-state index in [0.717, 1.165) is 19.4 Å². The van der Waals surface area contributed by atoms with Crippen LogP contribution in [0.3, 0.4) is 0 Å². The van der Waals surface area contributed by atoms with Gasteiger partial charge in [0, 0.05) is 25.0 Å². The van der Waals surface area contributed by atoms with Crippen LogP contribution in [0.1, 0.15) is 58.8 Å². The highest BCUT2D eigenvalue weighted by Gasteiger charge is 2.25. The van der Waals surface area contributed by atoms with Gasteiger partial charge in [-0.05, 0) is 39.5 Å². The molecular formula is C14H26N2O3. The van der Waals surface area contributed by atoms with E-state index in [2.05, 4.69) is 5.32 Å². The highest BCUT2D eigenvalue weighted by atomic mass is 16.4. The van der Waals surface area contributed by atoms with E-state index in [1.54, 1.807) is 0 Å². The zero-order valence-electron chi connectivity index (χ0n) is 12.0. The van der Waals surface area contributed by atoms with Crippen molar-refractivity contribution in [3.8, 4) is 0 Å². The van der Waals surface area contributed by atoms with Crippen molar-refractivity contribution in [1.29, 1.82) is 0 Å². The predicted molar refractivity (Wildman–Crippen MR) is 74.1 cm³/mol. The minimum atomic E-state index is -0.778. The Morgan fingerprint density at radius 3 is 2.53 bits per heavy atom. The van der Waals surface area contributed by atoms with Crippen molar-refractivity contribution in [2.75, 3.05) is 6.54 Å². The molecule has 0 aliphatic heterocycles. The number of carboxylic acid groups (broad SMARTS) is 1. The Hall–Kier alpha value is -1.26. The fourth-order valence-electron chi connectivity index (χ4n) is 2.71. The van der Waals surface area contributed by atoms with Crippen LogP contribution in [0.4, 0.5) is 4.79 Å². The van der Waals surface area contributed by atoms with E-state index in [-0.39, 0.29) is 18.5 Å². The maximum Gasteiger partial charge on any atom is 0.317 e. The van der Waals surface area contributed by atoms with Crippen LogP contribution in [0.15, 0.2) is 0 Å². The molecule has 1 atom stereocenters. The summed E-state index contributed by atoms with van der Waals surface area (Å²) in [5, 5.41) is 11.6. The van der Waals surface area contributed by atoms with Gasteiger partial charge in [0.15, 0.2) is 0 Å². The van der Waals surface area contributed by atoms with Crippen molar-refractivity contribution in [2.24, 2.45) is 0 Å². The Bertz CT molecular complexity index is 301. The molecule has 1 rings (SSSR count). The third kappa shape index (κ3) is 5.49. The SMILES string of the molecule is CCN(C(=O)NC(C)CCCC(=O)O)C1CCCC1. The van der Waals surface area contributed by atoms with Gasteiger partial charge < -0.3 is 15.3 Å². The molecule has 0 aromatic heterocycles. The molecule has 2 N–H and O–H groups in total. The predicted octanol–water partition coefficient (Wildman–Crippen LogP) is 2.60. The van der Waals surface area contributed by atoms with Gasteiger partial charge in [-0.1, -0.05) is 12.8 Å². The van der Waals surface area contributed by atoms with Crippen LogP contribution in [0.25, 0.3) is 0 Å². The second-order valence-corrected chi connectivity index (χ2v) is 5.36. The molecule has 1 aliphatic carbocycles. The normalized spacial score (nSPS) is 17.2. The maximum atomic E-state index is 12.2. The topological polar surface area (TPSA) is 69.6 Å². The Balaban J connectivity index is 2.32. The lowest BCUT2D eigenvalue weighted by atomic mass is 10.1. The molecule has 1 aliphatic rings. The number of carbonyl (C=O) groups excluding carboxylic acids is 1. The average molecular weight is 270 g/mol. The van der Waals surface area contributed by atoms with E-state index in [4.69, 9.17) is 5.11 Å². The van der Waals surface area contributed by atoms with Crippen LogP contribution in [0.2, 0.25) is 0 Å². The summed E-state index contributed by atoms with van der Waals surface area (Å²) in [5.74, 6) is -0.778. The van der Waals surface area contributed by atoms with Gasteiger partial charge in [0.1, 0.15) is 0 Å². The molecule has 2 amide bonds. The molecule has 110 valence electrons. The summed E-state index contributed by atoms with van der Waals surface area (Å²) in [6.07, 6.45) is 6.11. The van der Waals surface area contributed by atoms with Crippen molar-refractivity contribution >= 4 is 12.0 Å². The van der Waals surface area contributed by atoms with E-state index in [0.29, 0.717) is 18.9 Å². The molecule has 1 fully saturated rings. The fraction of sp³-hybridized carbons (Fsp3) is 0.857. The standard InChI is InChI=1S/C14H26N2O3/c1-3-16(12-8-4-5-9-12)14(19)15-11(2)7-6-10-13(17)18/h11-12H,3-10H2,1-2H3,(H,15,19)(H,17,18). The summed E-state index contributed by atoms with van der Waals surface area (Å²) in [6, 6.07) is 0.413. The quantitative estimate of drug-likeness (QED) is 0.747. The average Bonchev–Trinajstić information content (AvgIpc) is 2.82. The lowest BCUT2D eigenvalue weighted by Crippen LogP contribution is -2.47. The molecule has 1 unspecified atom stereocenters. The molecule has 0 bridgehead atoms. The van der Waals surface area contributed by atoms with Crippen molar-refractivity contribution in [1.82, 2.24) is 10.2 Å². The number of aliphatic carboxylic acids is 1. The summed E-state index contributed by atoms with van der Waals surface area (Å²) in [7, 11) is 0. The molecule has 0 aromatic rings. The highest BCUT2D eigenvalue weighted by molar-refractivity contribution is 5.74. The monoisotopic (exact) mass is 270 g/mol. The van der Waals surface area contributed by atoms with Gasteiger partial charge in [0.25, 0.3) is 0 Å². The first-order chi connectivity index (χ1) is 9.04. The van der Waals surface area contributed by atoms with Crippen LogP contribution in [-0.2, 0) is 4.79 Å². The lowest BCUT2D eigenvalue weighted by molar-refractivity contribution is -0.137. The molecule has 5 nitrogen and oxygen atoms in total. The molecular weight excluding hydrogens is 244 g/mol. The third-order valence-electron chi connectivity index (χ3n) is 3.76. The van der Waals surface area contributed by atoms with Gasteiger partial charge >= 0.3 is 12.0 Å². The Morgan fingerprint density at radius 2 is 2.00 bits per heavy atom. The van der Waals surface area contributed by atoms with Crippen LogP contribution >= 0.6 is 0 Å². The Labute approximate surface area is 115 Å². The number of nitrogens with zero attached hydrogens (tertiary/aromatic N) is 1. The van der Waals surface area contributed by atoms with E-state index in [9.17, 15) is 9.59 Å². The third-order valence-corrected chi connectivity index (χ3v) is 3.76. The molecule has 0 heterocycles. The number of urea groups is 1. The summed E-state index contributed by atoms with van der Waals surface area (Å²) in [4.78, 5) is 24.5. The van der Waals surface area contributed by atoms with Crippen molar-refractivity contribution < 1.29 is 14.7 Å².